The number of nitrogens with one attached hydrogen (secondary N) is 2. The van der Waals surface area contributed by atoms with E-state index in [1.54, 1.807) is 7.11 Å². The highest BCUT2D eigenvalue weighted by molar-refractivity contribution is 5.85. The van der Waals surface area contributed by atoms with Crippen molar-refractivity contribution in [2.45, 2.75) is 13.0 Å². The zero-order chi connectivity index (χ0) is 12.3. The van der Waals surface area contributed by atoms with E-state index < -0.39 is 0 Å². The number of methoxy groups -OCH3 is 1. The molecule has 0 unspecified atom stereocenters. The molecule has 1 rings (SSSR count). The van der Waals surface area contributed by atoms with E-state index in [0.29, 0.717) is 6.54 Å². The Kier molecular flexibility index (Phi) is 15.2. The summed E-state index contributed by atoms with van der Waals surface area (Å²) in [4.78, 5) is 0. The van der Waals surface area contributed by atoms with Gasteiger partial charge >= 0.3 is 0 Å². The average Bonchev–Trinajstić information content (AvgIpc) is 2.38. The minimum Gasteiger partial charge on any atom is -0.497 e. The van der Waals surface area contributed by atoms with Crippen LogP contribution in [0.25, 0.3) is 0 Å². The van der Waals surface area contributed by atoms with Crippen LogP contribution in [0.4, 0.5) is 0 Å². The maximum atomic E-state index is 8.57. The normalized spacial score (nSPS) is 9.37. The van der Waals surface area contributed by atoms with E-state index in [9.17, 15) is 0 Å². The zero-order valence-electron chi connectivity index (χ0n) is 11.2. The summed E-state index contributed by atoms with van der Waals surface area (Å²) in [5.41, 5.74) is 1.26. The first kappa shape index (κ1) is 20.8. The number of ether oxygens (including phenoxy) is 1. The average molecular weight is 311 g/mol. The quantitative estimate of drug-likeness (QED) is 0.607. The lowest BCUT2D eigenvalue weighted by Gasteiger charge is -2.06. The van der Waals surface area contributed by atoms with Gasteiger partial charge in [-0.15, -0.1) is 24.8 Å². The molecule has 0 fully saturated rings. The first-order valence-electron chi connectivity index (χ1n) is 6.02. The maximum absolute atomic E-state index is 8.57. The Bertz CT molecular complexity index is 297. The van der Waals surface area contributed by atoms with Gasteiger partial charge in [0.25, 0.3) is 0 Å². The number of benzene rings is 1. The summed E-state index contributed by atoms with van der Waals surface area (Å²) in [7, 11) is 1.67. The summed E-state index contributed by atoms with van der Waals surface area (Å²) in [6, 6.07) is 8.07. The summed E-state index contributed by atoms with van der Waals surface area (Å²) in [5, 5.41) is 15.1. The molecule has 19 heavy (non-hydrogen) atoms. The molecule has 4 nitrogen and oxygen atoms in total. The smallest absolute Gasteiger partial charge is 0.118 e. The van der Waals surface area contributed by atoms with Gasteiger partial charge in [0.1, 0.15) is 5.75 Å². The molecule has 0 heterocycles. The summed E-state index contributed by atoms with van der Waals surface area (Å²) in [6.45, 7) is 3.68. The van der Waals surface area contributed by atoms with E-state index in [2.05, 4.69) is 22.8 Å². The number of aliphatic hydroxyl groups is 1. The number of halogens is 2. The van der Waals surface area contributed by atoms with Crippen LogP contribution in [-0.4, -0.2) is 38.5 Å². The van der Waals surface area contributed by atoms with Crippen molar-refractivity contribution in [3.63, 3.8) is 0 Å². The van der Waals surface area contributed by atoms with Crippen LogP contribution in [-0.2, 0) is 6.54 Å². The van der Waals surface area contributed by atoms with Crippen LogP contribution in [0.5, 0.6) is 5.75 Å². The number of rotatable bonds is 9. The topological polar surface area (TPSA) is 53.5 Å². The van der Waals surface area contributed by atoms with Crippen molar-refractivity contribution in [2.24, 2.45) is 0 Å². The Hall–Kier alpha value is -0.520. The fourth-order valence-corrected chi connectivity index (χ4v) is 1.52. The fourth-order valence-electron chi connectivity index (χ4n) is 1.52. The summed E-state index contributed by atoms with van der Waals surface area (Å²) >= 11 is 0. The lowest BCUT2D eigenvalue weighted by molar-refractivity contribution is 0.292. The van der Waals surface area contributed by atoms with Crippen LogP contribution in [0.1, 0.15) is 12.0 Å². The van der Waals surface area contributed by atoms with Crippen LogP contribution >= 0.6 is 24.8 Å². The predicted octanol–water partition coefficient (Wildman–Crippen LogP) is 1.60. The van der Waals surface area contributed by atoms with Gasteiger partial charge in [-0.1, -0.05) is 12.1 Å². The molecule has 1 aromatic carbocycles. The molecule has 0 saturated carbocycles. The zero-order valence-corrected chi connectivity index (χ0v) is 12.9. The molecular formula is C13H24Cl2N2O2. The van der Waals surface area contributed by atoms with E-state index in [1.165, 1.54) is 5.56 Å². The monoisotopic (exact) mass is 310 g/mol. The molecule has 6 heteroatoms. The van der Waals surface area contributed by atoms with Gasteiger partial charge in [-0.2, -0.15) is 0 Å². The van der Waals surface area contributed by atoms with Crippen LogP contribution in [0.15, 0.2) is 24.3 Å². The van der Waals surface area contributed by atoms with Gasteiger partial charge in [-0.3, -0.25) is 0 Å². The first-order valence-corrected chi connectivity index (χ1v) is 6.02. The molecule has 112 valence electrons. The van der Waals surface area contributed by atoms with E-state index >= 15 is 0 Å². The van der Waals surface area contributed by atoms with Crippen molar-refractivity contribution in [2.75, 3.05) is 33.4 Å². The van der Waals surface area contributed by atoms with E-state index in [1.807, 2.05) is 12.1 Å². The van der Waals surface area contributed by atoms with Crippen LogP contribution in [0.2, 0.25) is 0 Å². The SMILES string of the molecule is COc1ccc(CNCCCNCCO)cc1.Cl.Cl. The highest BCUT2D eigenvalue weighted by Gasteiger charge is 1.94. The van der Waals surface area contributed by atoms with Gasteiger partial charge in [-0.25, -0.2) is 0 Å². The molecule has 0 atom stereocenters. The minimum atomic E-state index is 0. The third-order valence-corrected chi connectivity index (χ3v) is 2.48. The lowest BCUT2D eigenvalue weighted by atomic mass is 10.2. The molecular weight excluding hydrogens is 287 g/mol. The Labute approximate surface area is 127 Å². The van der Waals surface area contributed by atoms with Crippen molar-refractivity contribution in [3.05, 3.63) is 29.8 Å². The standard InChI is InChI=1S/C13H22N2O2.2ClH/c1-17-13-5-3-12(4-6-13)11-15-8-2-7-14-9-10-16;;/h3-6,14-16H,2,7-11H2,1H3;2*1H. The second-order valence-electron chi connectivity index (χ2n) is 3.85. The van der Waals surface area contributed by atoms with Gasteiger partial charge in [0, 0.05) is 13.1 Å². The van der Waals surface area contributed by atoms with Gasteiger partial charge < -0.3 is 20.5 Å². The molecule has 1 aromatic rings. The van der Waals surface area contributed by atoms with Crippen LogP contribution < -0.4 is 15.4 Å². The van der Waals surface area contributed by atoms with Crippen LogP contribution in [0, 0.1) is 0 Å². The summed E-state index contributed by atoms with van der Waals surface area (Å²) in [6.07, 6.45) is 1.07. The van der Waals surface area contributed by atoms with Crippen molar-refractivity contribution in [1.29, 1.82) is 0 Å². The highest BCUT2D eigenvalue weighted by atomic mass is 35.5. The Morgan fingerprint density at radius 2 is 1.63 bits per heavy atom. The molecule has 0 bridgehead atoms. The predicted molar refractivity (Wildman–Crippen MR) is 83.8 cm³/mol. The van der Waals surface area contributed by atoms with Crippen molar-refractivity contribution in [1.82, 2.24) is 10.6 Å². The Balaban J connectivity index is 0. The van der Waals surface area contributed by atoms with E-state index in [0.717, 1.165) is 31.8 Å². The summed E-state index contributed by atoms with van der Waals surface area (Å²) < 4.78 is 5.10. The van der Waals surface area contributed by atoms with Gasteiger partial charge in [0.05, 0.1) is 13.7 Å². The Morgan fingerprint density at radius 1 is 1.00 bits per heavy atom. The summed E-state index contributed by atoms with van der Waals surface area (Å²) in [5.74, 6) is 0.891. The second-order valence-corrected chi connectivity index (χ2v) is 3.85. The lowest BCUT2D eigenvalue weighted by Crippen LogP contribution is -2.23. The van der Waals surface area contributed by atoms with Crippen molar-refractivity contribution in [3.8, 4) is 5.75 Å². The maximum Gasteiger partial charge on any atom is 0.118 e. The van der Waals surface area contributed by atoms with Gasteiger partial charge in [0.2, 0.25) is 0 Å². The fraction of sp³-hybridized carbons (Fsp3) is 0.538. The largest absolute Gasteiger partial charge is 0.497 e. The number of aliphatic hydroxyl groups excluding tert-OH is 1. The molecule has 0 aliphatic carbocycles. The molecule has 0 aromatic heterocycles. The third kappa shape index (κ3) is 9.99. The van der Waals surface area contributed by atoms with Crippen molar-refractivity contribution >= 4 is 24.8 Å². The van der Waals surface area contributed by atoms with Gasteiger partial charge in [0.15, 0.2) is 0 Å². The second kappa shape index (κ2) is 13.9. The third-order valence-electron chi connectivity index (χ3n) is 2.48. The van der Waals surface area contributed by atoms with E-state index in [4.69, 9.17) is 9.84 Å². The number of hydrogen-bond donors (Lipinski definition) is 3. The first-order chi connectivity index (χ1) is 8.36. The molecule has 0 aliphatic rings. The van der Waals surface area contributed by atoms with Gasteiger partial charge in [-0.05, 0) is 37.2 Å². The van der Waals surface area contributed by atoms with Crippen molar-refractivity contribution < 1.29 is 9.84 Å². The Morgan fingerprint density at radius 3 is 2.21 bits per heavy atom. The molecule has 0 spiro atoms. The molecule has 0 aliphatic heterocycles. The highest BCUT2D eigenvalue weighted by Crippen LogP contribution is 2.10. The van der Waals surface area contributed by atoms with E-state index in [-0.39, 0.29) is 31.4 Å². The minimum absolute atomic E-state index is 0. The molecule has 0 saturated heterocycles. The molecule has 0 amide bonds. The number of hydrogen-bond acceptors (Lipinski definition) is 4. The molecule has 3 N–H and O–H groups in total. The van der Waals surface area contributed by atoms with Crippen LogP contribution in [0.3, 0.4) is 0 Å². The molecule has 0 radical (unpaired) electrons.